The molecule has 1 aromatic carbocycles. The number of piperidine rings is 1. The minimum Gasteiger partial charge on any atom is -0.467 e. The van der Waals surface area contributed by atoms with Crippen molar-refractivity contribution in [3.8, 4) is 0 Å². The van der Waals surface area contributed by atoms with Crippen LogP contribution in [0.3, 0.4) is 0 Å². The molecule has 1 saturated heterocycles. The van der Waals surface area contributed by atoms with Gasteiger partial charge in [-0.25, -0.2) is 0 Å². The van der Waals surface area contributed by atoms with E-state index in [9.17, 15) is 9.59 Å². The summed E-state index contributed by atoms with van der Waals surface area (Å²) in [5.74, 6) is 0.420. The van der Waals surface area contributed by atoms with E-state index < -0.39 is 0 Å². The molecule has 1 aliphatic rings. The number of aliphatic hydroxyl groups is 1. The van der Waals surface area contributed by atoms with Crippen LogP contribution in [0.15, 0.2) is 65.8 Å². The lowest BCUT2D eigenvalue weighted by atomic mass is 10.0. The SMILES string of the molecule is C=C(O/C=C(\CCC)c1ccccc1)C(C)N/C(=C/NC=NCC=O)C(=O)N1CCCCC1.CC.CC.CO. The predicted octanol–water partition coefficient (Wildman–Crippen LogP) is 5.67. The largest absolute Gasteiger partial charge is 0.467 e. The summed E-state index contributed by atoms with van der Waals surface area (Å²) in [6, 6.07) is 9.81. The molecule has 1 unspecified atom stereocenters. The number of carbonyl (C=O) groups excluding carboxylic acids is 2. The molecule has 39 heavy (non-hydrogen) atoms. The van der Waals surface area contributed by atoms with Gasteiger partial charge in [0.1, 0.15) is 17.7 Å². The number of aliphatic imine (C=N–C) groups is 1. The summed E-state index contributed by atoms with van der Waals surface area (Å²) in [6.07, 6.45) is 10.5. The minimum absolute atomic E-state index is 0.0680. The van der Waals surface area contributed by atoms with Crippen molar-refractivity contribution < 1.29 is 19.4 Å². The van der Waals surface area contributed by atoms with Crippen molar-refractivity contribution in [3.05, 3.63) is 66.4 Å². The first-order chi connectivity index (χ1) is 19.1. The zero-order valence-electron chi connectivity index (χ0n) is 25.2. The Bertz CT molecular complexity index is 861. The van der Waals surface area contributed by atoms with Crippen LogP contribution < -0.4 is 10.6 Å². The van der Waals surface area contributed by atoms with E-state index >= 15 is 0 Å². The van der Waals surface area contributed by atoms with Crippen LogP contribution in [-0.4, -0.2) is 61.3 Å². The molecule has 2 rings (SSSR count). The first kappa shape index (κ1) is 37.8. The van der Waals surface area contributed by atoms with Crippen molar-refractivity contribution in [1.29, 1.82) is 0 Å². The molecule has 3 N–H and O–H groups in total. The van der Waals surface area contributed by atoms with E-state index in [-0.39, 0.29) is 18.5 Å². The molecule has 8 nitrogen and oxygen atoms in total. The van der Waals surface area contributed by atoms with Crippen LogP contribution in [0.25, 0.3) is 5.57 Å². The van der Waals surface area contributed by atoms with Crippen LogP contribution >= 0.6 is 0 Å². The van der Waals surface area contributed by atoms with E-state index in [1.165, 1.54) is 6.34 Å². The average molecular weight is 545 g/mol. The molecule has 1 atom stereocenters. The highest BCUT2D eigenvalue weighted by molar-refractivity contribution is 5.93. The molecule has 0 radical (unpaired) electrons. The average Bonchev–Trinajstić information content (AvgIpc) is 3.01. The summed E-state index contributed by atoms with van der Waals surface area (Å²) < 4.78 is 5.90. The van der Waals surface area contributed by atoms with E-state index in [4.69, 9.17) is 9.84 Å². The minimum atomic E-state index is -0.311. The maximum atomic E-state index is 13.1. The molecule has 1 aliphatic heterocycles. The molecule has 0 spiro atoms. The fraction of sp³-hybridized carbons (Fsp3) is 0.516. The van der Waals surface area contributed by atoms with Crippen LogP contribution in [0.1, 0.15) is 79.2 Å². The number of likely N-dealkylation sites (tertiary alicyclic amines) is 1. The highest BCUT2D eigenvalue weighted by Gasteiger charge is 2.22. The number of amides is 1. The molecule has 0 saturated carbocycles. The topological polar surface area (TPSA) is 103 Å². The zero-order chi connectivity index (χ0) is 29.9. The van der Waals surface area contributed by atoms with Crippen molar-refractivity contribution in [3.63, 3.8) is 0 Å². The van der Waals surface area contributed by atoms with E-state index in [2.05, 4.69) is 41.3 Å². The molecule has 1 aromatic rings. The van der Waals surface area contributed by atoms with Gasteiger partial charge in [-0.3, -0.25) is 9.79 Å². The summed E-state index contributed by atoms with van der Waals surface area (Å²) in [5, 5.41) is 13.1. The summed E-state index contributed by atoms with van der Waals surface area (Å²) in [6.45, 7) is 17.6. The van der Waals surface area contributed by atoms with Gasteiger partial charge in [0.15, 0.2) is 0 Å². The highest BCUT2D eigenvalue weighted by Crippen LogP contribution is 2.21. The van der Waals surface area contributed by atoms with E-state index in [0.29, 0.717) is 17.7 Å². The molecule has 1 heterocycles. The number of allylic oxidation sites excluding steroid dienone is 1. The predicted molar refractivity (Wildman–Crippen MR) is 164 cm³/mol. The Labute approximate surface area is 236 Å². The van der Waals surface area contributed by atoms with Gasteiger partial charge in [-0.1, -0.05) is 78.0 Å². The molecule has 220 valence electrons. The number of aliphatic hydroxyl groups excluding tert-OH is 1. The Balaban J connectivity index is 0. The van der Waals surface area contributed by atoms with Crippen LogP contribution in [-0.2, 0) is 14.3 Å². The van der Waals surface area contributed by atoms with Crippen molar-refractivity contribution in [2.45, 2.75) is 79.7 Å². The zero-order valence-corrected chi connectivity index (χ0v) is 25.2. The second kappa shape index (κ2) is 26.2. The quantitative estimate of drug-likeness (QED) is 0.0972. The third-order valence-corrected chi connectivity index (χ3v) is 5.32. The monoisotopic (exact) mass is 544 g/mol. The van der Waals surface area contributed by atoms with Crippen molar-refractivity contribution in [2.75, 3.05) is 26.7 Å². The number of hydrogen-bond acceptors (Lipinski definition) is 6. The van der Waals surface area contributed by atoms with E-state index in [0.717, 1.165) is 63.4 Å². The van der Waals surface area contributed by atoms with Crippen LogP contribution in [0.5, 0.6) is 0 Å². The number of hydrogen-bond donors (Lipinski definition) is 3. The Hall–Kier alpha value is -3.39. The maximum Gasteiger partial charge on any atom is 0.271 e. The van der Waals surface area contributed by atoms with E-state index in [1.807, 2.05) is 57.7 Å². The Morgan fingerprint density at radius 2 is 1.74 bits per heavy atom. The Morgan fingerprint density at radius 1 is 1.13 bits per heavy atom. The fourth-order valence-electron chi connectivity index (χ4n) is 3.46. The molecular formula is C31H52N4O4. The summed E-state index contributed by atoms with van der Waals surface area (Å²) in [4.78, 5) is 29.2. The number of nitrogens with zero attached hydrogens (tertiary/aromatic N) is 2. The summed E-state index contributed by atoms with van der Waals surface area (Å²) in [7, 11) is 1.00. The van der Waals surface area contributed by atoms with E-state index in [1.54, 1.807) is 12.5 Å². The number of rotatable bonds is 13. The number of carbonyl (C=O) groups is 2. The molecular weight excluding hydrogens is 492 g/mol. The van der Waals surface area contributed by atoms with Gasteiger partial charge >= 0.3 is 0 Å². The van der Waals surface area contributed by atoms with Crippen LogP contribution in [0, 0.1) is 0 Å². The number of aldehydes is 1. The number of benzene rings is 1. The van der Waals surface area contributed by atoms with Crippen molar-refractivity contribution in [1.82, 2.24) is 15.5 Å². The van der Waals surface area contributed by atoms with Gasteiger partial charge in [-0.05, 0) is 43.7 Å². The van der Waals surface area contributed by atoms with Crippen LogP contribution in [0.4, 0.5) is 0 Å². The third kappa shape index (κ3) is 16.2. The van der Waals surface area contributed by atoms with Gasteiger partial charge in [0, 0.05) is 26.4 Å². The van der Waals surface area contributed by atoms with Gasteiger partial charge in [-0.15, -0.1) is 0 Å². The standard InChI is InChI=1S/C26H36N4O3.2C2H6.CH4O/c1-4-11-24(23-12-7-5-8-13-23)19-33-22(3)21(2)29-25(18-28-20-27-14-17-31)26(32)30-15-9-6-10-16-30;3*1-2/h5,7-8,12-13,17-21,29H,3-4,6,9-11,14-16H2,1-2H3,(H,27,28);2*1-2H3;2H,1H3/b24-19+,25-18+;;;. The molecule has 0 bridgehead atoms. The smallest absolute Gasteiger partial charge is 0.271 e. The van der Waals surface area contributed by atoms with Crippen molar-refractivity contribution in [2.24, 2.45) is 4.99 Å². The second-order valence-corrected chi connectivity index (χ2v) is 7.95. The lowest BCUT2D eigenvalue weighted by Gasteiger charge is -2.29. The molecule has 1 fully saturated rings. The van der Waals surface area contributed by atoms with Gasteiger partial charge in [0.05, 0.1) is 25.2 Å². The summed E-state index contributed by atoms with van der Waals surface area (Å²) >= 11 is 0. The summed E-state index contributed by atoms with van der Waals surface area (Å²) in [5.41, 5.74) is 2.61. The van der Waals surface area contributed by atoms with Crippen LogP contribution in [0.2, 0.25) is 0 Å². The Kier molecular flexibility index (Phi) is 25.4. The number of ether oxygens (including phenoxy) is 1. The van der Waals surface area contributed by atoms with Gasteiger partial charge < -0.3 is 30.2 Å². The second-order valence-electron chi connectivity index (χ2n) is 7.95. The van der Waals surface area contributed by atoms with Gasteiger partial charge in [0.2, 0.25) is 0 Å². The lowest BCUT2D eigenvalue weighted by Crippen LogP contribution is -2.42. The Morgan fingerprint density at radius 3 is 2.31 bits per heavy atom. The number of nitrogens with one attached hydrogen (secondary N) is 2. The maximum absolute atomic E-state index is 13.1. The van der Waals surface area contributed by atoms with Gasteiger partial charge in [-0.2, -0.15) is 0 Å². The van der Waals surface area contributed by atoms with Crippen molar-refractivity contribution >= 4 is 24.1 Å². The fourth-order valence-corrected chi connectivity index (χ4v) is 3.46. The molecule has 0 aliphatic carbocycles. The first-order valence-electron chi connectivity index (χ1n) is 14.0. The first-order valence-corrected chi connectivity index (χ1v) is 14.0. The third-order valence-electron chi connectivity index (χ3n) is 5.32. The highest BCUT2D eigenvalue weighted by atomic mass is 16.5. The van der Waals surface area contributed by atoms with Gasteiger partial charge in [0.25, 0.3) is 5.91 Å². The molecule has 0 aromatic heterocycles. The normalized spacial score (nSPS) is 13.8. The molecule has 1 amide bonds. The lowest BCUT2D eigenvalue weighted by molar-refractivity contribution is -0.128. The molecule has 8 heteroatoms.